The number of ether oxygens (including phenoxy) is 1. The molecular weight excluding hydrogens is 100 g/mol. The zero-order valence-electron chi connectivity index (χ0n) is 5.31. The van der Waals surface area contributed by atoms with Gasteiger partial charge >= 0.3 is 0 Å². The van der Waals surface area contributed by atoms with E-state index in [1.54, 1.807) is 0 Å². The topological polar surface area (TPSA) is 12.5 Å². The van der Waals surface area contributed by atoms with Crippen LogP contribution < -0.4 is 0 Å². The van der Waals surface area contributed by atoms with Crippen molar-refractivity contribution < 1.29 is 4.74 Å². The van der Waals surface area contributed by atoms with Crippen molar-refractivity contribution in [2.45, 2.75) is 44.3 Å². The molecule has 1 saturated heterocycles. The minimum atomic E-state index is 0.345. The summed E-state index contributed by atoms with van der Waals surface area (Å²) in [5.41, 5.74) is 0.345. The van der Waals surface area contributed by atoms with Crippen molar-refractivity contribution >= 4 is 0 Å². The maximum atomic E-state index is 5.47. The fraction of sp³-hybridized carbons (Fsp3) is 1.00. The molecule has 0 unspecified atom stereocenters. The summed E-state index contributed by atoms with van der Waals surface area (Å²) in [6.45, 7) is 2.23. The molecule has 0 amide bonds. The quantitative estimate of drug-likeness (QED) is 0.435. The lowest BCUT2D eigenvalue weighted by Gasteiger charge is -2.09. The molecule has 1 saturated carbocycles. The fourth-order valence-corrected chi connectivity index (χ4v) is 1.68. The van der Waals surface area contributed by atoms with Gasteiger partial charge in [-0.1, -0.05) is 12.8 Å². The maximum absolute atomic E-state index is 5.47. The van der Waals surface area contributed by atoms with Crippen LogP contribution in [-0.2, 0) is 4.74 Å². The molecule has 0 bridgehead atoms. The smallest absolute Gasteiger partial charge is 0.0920 e. The molecule has 0 radical (unpaired) electrons. The summed E-state index contributed by atoms with van der Waals surface area (Å²) in [4.78, 5) is 0. The van der Waals surface area contributed by atoms with Crippen LogP contribution in [0.4, 0.5) is 0 Å². The Balaban J connectivity index is 2.04. The van der Waals surface area contributed by atoms with Crippen molar-refractivity contribution in [3.63, 3.8) is 0 Å². The summed E-state index contributed by atoms with van der Waals surface area (Å²) in [7, 11) is 0. The molecule has 0 aromatic rings. The van der Waals surface area contributed by atoms with Crippen LogP contribution in [0, 0.1) is 0 Å². The van der Waals surface area contributed by atoms with E-state index in [0.717, 1.165) is 0 Å². The van der Waals surface area contributed by atoms with Crippen LogP contribution in [0.15, 0.2) is 0 Å². The Labute approximate surface area is 50.0 Å². The van der Waals surface area contributed by atoms with E-state index < -0.39 is 0 Å². The predicted molar refractivity (Wildman–Crippen MR) is 31.7 cm³/mol. The normalized spacial score (nSPS) is 52.9. The zero-order valence-corrected chi connectivity index (χ0v) is 5.31. The highest BCUT2D eigenvalue weighted by Crippen LogP contribution is 2.46. The maximum Gasteiger partial charge on any atom is 0.0920 e. The van der Waals surface area contributed by atoms with Crippen molar-refractivity contribution in [2.75, 3.05) is 0 Å². The van der Waals surface area contributed by atoms with Crippen LogP contribution in [0.25, 0.3) is 0 Å². The second kappa shape index (κ2) is 1.27. The SMILES string of the molecule is C[C@@]12CCCC[C@H]1O2. The number of hydrogen-bond acceptors (Lipinski definition) is 1. The number of fused-ring (bicyclic) bond motifs is 1. The molecule has 2 rings (SSSR count). The highest BCUT2D eigenvalue weighted by atomic mass is 16.6. The third-order valence-electron chi connectivity index (χ3n) is 2.42. The van der Waals surface area contributed by atoms with Crippen molar-refractivity contribution in [3.05, 3.63) is 0 Å². The van der Waals surface area contributed by atoms with Crippen LogP contribution in [0.5, 0.6) is 0 Å². The van der Waals surface area contributed by atoms with E-state index in [1.807, 2.05) is 0 Å². The van der Waals surface area contributed by atoms with Crippen LogP contribution in [0.3, 0.4) is 0 Å². The summed E-state index contributed by atoms with van der Waals surface area (Å²) in [6.07, 6.45) is 6.04. The van der Waals surface area contributed by atoms with Gasteiger partial charge in [0.1, 0.15) is 0 Å². The third kappa shape index (κ3) is 0.510. The Bertz CT molecular complexity index is 109. The van der Waals surface area contributed by atoms with E-state index in [-0.39, 0.29) is 0 Å². The number of epoxide rings is 1. The second-order valence-corrected chi connectivity index (χ2v) is 3.16. The van der Waals surface area contributed by atoms with E-state index in [4.69, 9.17) is 4.74 Å². The van der Waals surface area contributed by atoms with Crippen molar-refractivity contribution in [1.82, 2.24) is 0 Å². The Morgan fingerprint density at radius 3 is 2.88 bits per heavy atom. The summed E-state index contributed by atoms with van der Waals surface area (Å²) < 4.78 is 5.47. The highest BCUT2D eigenvalue weighted by Gasteiger charge is 2.52. The van der Waals surface area contributed by atoms with Gasteiger partial charge in [-0.15, -0.1) is 0 Å². The van der Waals surface area contributed by atoms with E-state index in [1.165, 1.54) is 25.7 Å². The van der Waals surface area contributed by atoms with Gasteiger partial charge in [0.05, 0.1) is 11.7 Å². The Hall–Kier alpha value is -0.0400. The largest absolute Gasteiger partial charge is 0.366 e. The number of rotatable bonds is 0. The van der Waals surface area contributed by atoms with Crippen LogP contribution in [0.1, 0.15) is 32.6 Å². The molecule has 8 heavy (non-hydrogen) atoms. The first-order valence-electron chi connectivity index (χ1n) is 3.49. The molecule has 2 fully saturated rings. The molecule has 1 nitrogen and oxygen atoms in total. The summed E-state index contributed by atoms with van der Waals surface area (Å²) >= 11 is 0. The Morgan fingerprint density at radius 1 is 1.50 bits per heavy atom. The molecule has 1 heterocycles. The first kappa shape index (κ1) is 4.80. The van der Waals surface area contributed by atoms with Crippen LogP contribution >= 0.6 is 0 Å². The first-order chi connectivity index (χ1) is 3.81. The van der Waals surface area contributed by atoms with Gasteiger partial charge in [0.25, 0.3) is 0 Å². The first-order valence-corrected chi connectivity index (χ1v) is 3.49. The lowest BCUT2D eigenvalue weighted by Crippen LogP contribution is -2.13. The minimum absolute atomic E-state index is 0.345. The van der Waals surface area contributed by atoms with Gasteiger partial charge in [0.2, 0.25) is 0 Å². The zero-order chi connectivity index (χ0) is 5.61. The van der Waals surface area contributed by atoms with Gasteiger partial charge in [-0.2, -0.15) is 0 Å². The van der Waals surface area contributed by atoms with Crippen molar-refractivity contribution in [2.24, 2.45) is 0 Å². The third-order valence-corrected chi connectivity index (χ3v) is 2.42. The Kier molecular flexibility index (Phi) is 0.762. The lowest BCUT2D eigenvalue weighted by atomic mass is 9.91. The fourth-order valence-electron chi connectivity index (χ4n) is 1.68. The van der Waals surface area contributed by atoms with Gasteiger partial charge in [0.15, 0.2) is 0 Å². The molecule has 1 heteroatoms. The van der Waals surface area contributed by atoms with E-state index in [9.17, 15) is 0 Å². The van der Waals surface area contributed by atoms with E-state index in [0.29, 0.717) is 11.7 Å². The second-order valence-electron chi connectivity index (χ2n) is 3.16. The average molecular weight is 112 g/mol. The summed E-state index contributed by atoms with van der Waals surface area (Å²) in [5, 5.41) is 0. The molecule has 2 atom stereocenters. The monoisotopic (exact) mass is 112 g/mol. The molecule has 0 spiro atoms. The predicted octanol–water partition coefficient (Wildman–Crippen LogP) is 1.72. The van der Waals surface area contributed by atoms with Crippen LogP contribution in [-0.4, -0.2) is 11.7 Å². The molecule has 46 valence electrons. The van der Waals surface area contributed by atoms with Crippen molar-refractivity contribution in [1.29, 1.82) is 0 Å². The molecule has 0 aromatic heterocycles. The molecule has 1 aliphatic heterocycles. The standard InChI is InChI=1S/C7H12O/c1-7-5-3-2-4-6(7)8-7/h6H,2-5H2,1H3/t6-,7-/m1/s1. The lowest BCUT2D eigenvalue weighted by molar-refractivity contribution is 0.304. The van der Waals surface area contributed by atoms with Gasteiger partial charge < -0.3 is 4.74 Å². The molecule has 2 aliphatic rings. The van der Waals surface area contributed by atoms with Gasteiger partial charge in [0, 0.05) is 0 Å². The van der Waals surface area contributed by atoms with Gasteiger partial charge in [-0.05, 0) is 19.8 Å². The molecular formula is C7H12O. The molecule has 0 N–H and O–H groups in total. The Morgan fingerprint density at radius 2 is 2.38 bits per heavy atom. The van der Waals surface area contributed by atoms with E-state index in [2.05, 4.69) is 6.92 Å². The van der Waals surface area contributed by atoms with Crippen LogP contribution in [0.2, 0.25) is 0 Å². The molecule has 0 aromatic carbocycles. The van der Waals surface area contributed by atoms with E-state index >= 15 is 0 Å². The molecule has 1 aliphatic carbocycles. The summed E-state index contributed by atoms with van der Waals surface area (Å²) in [5.74, 6) is 0. The summed E-state index contributed by atoms with van der Waals surface area (Å²) in [6, 6.07) is 0. The number of hydrogen-bond donors (Lipinski definition) is 0. The van der Waals surface area contributed by atoms with Crippen molar-refractivity contribution in [3.8, 4) is 0 Å². The minimum Gasteiger partial charge on any atom is -0.366 e. The van der Waals surface area contributed by atoms with Gasteiger partial charge in [-0.25, -0.2) is 0 Å². The average Bonchev–Trinajstić information content (AvgIpc) is 2.39. The highest BCUT2D eigenvalue weighted by molar-refractivity contribution is 5.01. The van der Waals surface area contributed by atoms with Gasteiger partial charge in [-0.3, -0.25) is 0 Å².